The van der Waals surface area contributed by atoms with Crippen LogP contribution < -0.4 is 11.1 Å². The smallest absolute Gasteiger partial charge is 0.256 e. The summed E-state index contributed by atoms with van der Waals surface area (Å²) in [6, 6.07) is 10.3. The Morgan fingerprint density at radius 1 is 1.29 bits per heavy atom. The molecule has 0 saturated carbocycles. The number of hydrogen-bond acceptors (Lipinski definition) is 3. The number of aromatic nitrogens is 1. The van der Waals surface area contributed by atoms with Gasteiger partial charge < -0.3 is 11.1 Å². The zero-order valence-electron chi connectivity index (χ0n) is 8.85. The molecule has 4 nitrogen and oxygen atoms in total. The third-order valence-electron chi connectivity index (χ3n) is 2.12. The topological polar surface area (TPSA) is 68.0 Å². The van der Waals surface area contributed by atoms with Gasteiger partial charge in [0.25, 0.3) is 5.91 Å². The molecule has 1 heterocycles. The number of hydrogen-bond donors (Lipinski definition) is 2. The fourth-order valence-electron chi connectivity index (χ4n) is 1.32. The van der Waals surface area contributed by atoms with Gasteiger partial charge in [-0.2, -0.15) is 0 Å². The molecule has 0 radical (unpaired) electrons. The van der Waals surface area contributed by atoms with Crippen LogP contribution in [0.5, 0.6) is 0 Å². The van der Waals surface area contributed by atoms with Crippen LogP contribution in [0.1, 0.15) is 10.4 Å². The van der Waals surface area contributed by atoms with Gasteiger partial charge in [0.1, 0.15) is 5.82 Å². The van der Waals surface area contributed by atoms with Gasteiger partial charge in [-0.1, -0.05) is 6.07 Å². The quantitative estimate of drug-likeness (QED) is 0.836. The van der Waals surface area contributed by atoms with Gasteiger partial charge in [-0.3, -0.25) is 4.79 Å². The van der Waals surface area contributed by atoms with E-state index < -0.39 is 0 Å². The summed E-state index contributed by atoms with van der Waals surface area (Å²) in [7, 11) is 0. The average molecular weight is 292 g/mol. The number of anilines is 2. The van der Waals surface area contributed by atoms with E-state index in [-0.39, 0.29) is 5.91 Å². The number of rotatable bonds is 2. The van der Waals surface area contributed by atoms with Crippen LogP contribution in [0.4, 0.5) is 11.5 Å². The minimum atomic E-state index is -0.230. The lowest BCUT2D eigenvalue weighted by Gasteiger charge is -2.04. The number of amides is 1. The minimum absolute atomic E-state index is 0.230. The summed E-state index contributed by atoms with van der Waals surface area (Å²) in [6.07, 6.45) is 1.62. The van der Waals surface area contributed by atoms with E-state index in [1.54, 1.807) is 36.5 Å². The highest BCUT2D eigenvalue weighted by molar-refractivity contribution is 9.10. The summed E-state index contributed by atoms with van der Waals surface area (Å²) < 4.78 is 0.861. The van der Waals surface area contributed by atoms with Gasteiger partial charge in [-0.05, 0) is 46.3 Å². The highest BCUT2D eigenvalue weighted by Gasteiger charge is 2.06. The second kappa shape index (κ2) is 4.97. The van der Waals surface area contributed by atoms with Crippen molar-refractivity contribution in [3.05, 3.63) is 52.6 Å². The maximum atomic E-state index is 11.8. The van der Waals surface area contributed by atoms with Crippen molar-refractivity contribution in [1.82, 2.24) is 4.98 Å². The van der Waals surface area contributed by atoms with E-state index in [1.807, 2.05) is 6.07 Å². The molecule has 1 amide bonds. The number of nitrogen functional groups attached to an aromatic ring is 1. The van der Waals surface area contributed by atoms with Gasteiger partial charge in [0, 0.05) is 21.9 Å². The van der Waals surface area contributed by atoms with Crippen LogP contribution in [0, 0.1) is 0 Å². The lowest BCUT2D eigenvalue weighted by molar-refractivity contribution is 0.102. The van der Waals surface area contributed by atoms with E-state index in [0.29, 0.717) is 17.1 Å². The van der Waals surface area contributed by atoms with Gasteiger partial charge in [0.2, 0.25) is 0 Å². The SMILES string of the molecule is Nc1cccc(C(=O)Nc2ccc(Br)cn2)c1. The number of carbonyl (C=O) groups is 1. The molecule has 3 N–H and O–H groups in total. The van der Waals surface area contributed by atoms with E-state index >= 15 is 0 Å². The third kappa shape index (κ3) is 3.04. The van der Waals surface area contributed by atoms with Crippen molar-refractivity contribution in [3.8, 4) is 0 Å². The Kier molecular flexibility index (Phi) is 3.39. The predicted octanol–water partition coefficient (Wildman–Crippen LogP) is 2.68. The van der Waals surface area contributed by atoms with Gasteiger partial charge >= 0.3 is 0 Å². The second-order valence-electron chi connectivity index (χ2n) is 3.44. The van der Waals surface area contributed by atoms with E-state index in [2.05, 4.69) is 26.2 Å². The molecule has 0 unspecified atom stereocenters. The molecule has 5 heteroatoms. The monoisotopic (exact) mass is 291 g/mol. The van der Waals surface area contributed by atoms with Crippen LogP contribution in [0.3, 0.4) is 0 Å². The Hall–Kier alpha value is -1.88. The molecular formula is C12H10BrN3O. The molecule has 2 rings (SSSR count). The van der Waals surface area contributed by atoms with Crippen molar-refractivity contribution in [2.75, 3.05) is 11.1 Å². The predicted molar refractivity (Wildman–Crippen MR) is 70.7 cm³/mol. The molecule has 1 aromatic carbocycles. The number of pyridine rings is 1. The summed E-state index contributed by atoms with van der Waals surface area (Å²) in [5.74, 6) is 0.271. The maximum Gasteiger partial charge on any atom is 0.256 e. The van der Waals surface area contributed by atoms with Crippen molar-refractivity contribution in [2.45, 2.75) is 0 Å². The summed E-state index contributed by atoms with van der Waals surface area (Å²) in [5, 5.41) is 2.69. The second-order valence-corrected chi connectivity index (χ2v) is 4.36. The van der Waals surface area contributed by atoms with Gasteiger partial charge in [-0.15, -0.1) is 0 Å². The molecule has 0 bridgehead atoms. The zero-order valence-corrected chi connectivity index (χ0v) is 10.4. The molecule has 86 valence electrons. The van der Waals surface area contributed by atoms with Crippen molar-refractivity contribution < 1.29 is 4.79 Å². The zero-order chi connectivity index (χ0) is 12.3. The molecule has 0 saturated heterocycles. The van der Waals surface area contributed by atoms with Crippen molar-refractivity contribution in [2.24, 2.45) is 0 Å². The molecule has 0 spiro atoms. The van der Waals surface area contributed by atoms with Crippen LogP contribution in [0.15, 0.2) is 47.1 Å². The van der Waals surface area contributed by atoms with Crippen molar-refractivity contribution in [1.29, 1.82) is 0 Å². The first-order valence-electron chi connectivity index (χ1n) is 4.93. The number of nitrogens with zero attached hydrogens (tertiary/aromatic N) is 1. The Labute approximate surface area is 107 Å². The van der Waals surface area contributed by atoms with E-state index in [4.69, 9.17) is 5.73 Å². The number of nitrogens with two attached hydrogens (primary N) is 1. The van der Waals surface area contributed by atoms with E-state index in [0.717, 1.165) is 4.47 Å². The lowest BCUT2D eigenvalue weighted by Crippen LogP contribution is -2.12. The van der Waals surface area contributed by atoms with Crippen LogP contribution in [-0.2, 0) is 0 Å². The number of carbonyl (C=O) groups excluding carboxylic acids is 1. The van der Waals surface area contributed by atoms with Crippen LogP contribution in [0.2, 0.25) is 0 Å². The number of benzene rings is 1. The average Bonchev–Trinajstić information content (AvgIpc) is 2.32. The molecule has 2 aromatic rings. The van der Waals surface area contributed by atoms with E-state index in [9.17, 15) is 4.79 Å². The minimum Gasteiger partial charge on any atom is -0.399 e. The summed E-state index contributed by atoms with van der Waals surface area (Å²) in [4.78, 5) is 15.9. The maximum absolute atomic E-state index is 11.8. The van der Waals surface area contributed by atoms with Crippen LogP contribution >= 0.6 is 15.9 Å². The highest BCUT2D eigenvalue weighted by atomic mass is 79.9. The standard InChI is InChI=1S/C12H10BrN3O/c13-9-4-5-11(15-7-9)16-12(17)8-2-1-3-10(14)6-8/h1-7H,14H2,(H,15,16,17). The highest BCUT2D eigenvalue weighted by Crippen LogP contribution is 2.12. The first-order valence-corrected chi connectivity index (χ1v) is 5.73. The van der Waals surface area contributed by atoms with Gasteiger partial charge in [0.15, 0.2) is 0 Å². The molecule has 0 aliphatic heterocycles. The third-order valence-corrected chi connectivity index (χ3v) is 2.59. The van der Waals surface area contributed by atoms with Crippen molar-refractivity contribution >= 4 is 33.3 Å². The molecule has 0 aliphatic carbocycles. The normalized spacial score (nSPS) is 9.94. The molecule has 17 heavy (non-hydrogen) atoms. The fraction of sp³-hybridized carbons (Fsp3) is 0. The Morgan fingerprint density at radius 3 is 2.76 bits per heavy atom. The Balaban J connectivity index is 2.14. The first kappa shape index (κ1) is 11.6. The van der Waals surface area contributed by atoms with Gasteiger partial charge in [-0.25, -0.2) is 4.98 Å². The van der Waals surface area contributed by atoms with E-state index in [1.165, 1.54) is 0 Å². The molecule has 0 atom stereocenters. The first-order chi connectivity index (χ1) is 8.15. The molecule has 0 fully saturated rings. The van der Waals surface area contributed by atoms with Gasteiger partial charge in [0.05, 0.1) is 0 Å². The Bertz CT molecular complexity index is 540. The molecule has 1 aromatic heterocycles. The summed E-state index contributed by atoms with van der Waals surface area (Å²) in [5.41, 5.74) is 6.67. The van der Waals surface area contributed by atoms with Crippen molar-refractivity contribution in [3.63, 3.8) is 0 Å². The summed E-state index contributed by atoms with van der Waals surface area (Å²) >= 11 is 3.27. The fourth-order valence-corrected chi connectivity index (χ4v) is 1.55. The van der Waals surface area contributed by atoms with Crippen LogP contribution in [-0.4, -0.2) is 10.9 Å². The lowest BCUT2D eigenvalue weighted by atomic mass is 10.2. The van der Waals surface area contributed by atoms with Crippen LogP contribution in [0.25, 0.3) is 0 Å². The number of nitrogens with one attached hydrogen (secondary N) is 1. The largest absolute Gasteiger partial charge is 0.399 e. The number of halogens is 1. The Morgan fingerprint density at radius 2 is 2.12 bits per heavy atom. The molecular weight excluding hydrogens is 282 g/mol. The molecule has 0 aliphatic rings. The summed E-state index contributed by atoms with van der Waals surface area (Å²) in [6.45, 7) is 0.